The highest BCUT2D eigenvalue weighted by molar-refractivity contribution is 6.33. The number of imidazole rings is 1. The molecule has 2 aromatic rings. The van der Waals surface area contributed by atoms with Crippen LogP contribution in [0.5, 0.6) is 0 Å². The Morgan fingerprint density at radius 3 is 2.95 bits per heavy atom. The van der Waals surface area contributed by atoms with Gasteiger partial charge in [0.05, 0.1) is 6.61 Å². The Morgan fingerprint density at radius 1 is 1.41 bits per heavy atom. The van der Waals surface area contributed by atoms with Crippen molar-refractivity contribution in [1.82, 2.24) is 19.5 Å². The van der Waals surface area contributed by atoms with Gasteiger partial charge in [-0.15, -0.1) is 0 Å². The van der Waals surface area contributed by atoms with Crippen molar-refractivity contribution in [2.24, 2.45) is 11.8 Å². The number of fused-ring (bicyclic) bond motifs is 3. The van der Waals surface area contributed by atoms with Crippen LogP contribution in [0.15, 0.2) is 6.33 Å². The van der Waals surface area contributed by atoms with E-state index in [0.29, 0.717) is 29.5 Å². The molecule has 0 N–H and O–H groups in total. The van der Waals surface area contributed by atoms with E-state index in [2.05, 4.69) is 15.0 Å². The fourth-order valence-corrected chi connectivity index (χ4v) is 4.23. The van der Waals surface area contributed by atoms with Gasteiger partial charge >= 0.3 is 5.97 Å². The lowest BCUT2D eigenvalue weighted by molar-refractivity contribution is 0.0502. The molecule has 6 nitrogen and oxygen atoms in total. The van der Waals surface area contributed by atoms with Crippen molar-refractivity contribution in [3.63, 3.8) is 0 Å². The minimum Gasteiger partial charge on any atom is -0.460 e. The van der Waals surface area contributed by atoms with E-state index in [-0.39, 0.29) is 11.2 Å². The van der Waals surface area contributed by atoms with Crippen molar-refractivity contribution in [3.05, 3.63) is 17.3 Å². The second-order valence-corrected chi connectivity index (χ2v) is 6.46. The van der Waals surface area contributed by atoms with Gasteiger partial charge in [0, 0.05) is 6.04 Å². The van der Waals surface area contributed by atoms with Crippen molar-refractivity contribution in [2.45, 2.75) is 38.6 Å². The molecule has 22 heavy (non-hydrogen) atoms. The summed E-state index contributed by atoms with van der Waals surface area (Å²) < 4.78 is 7.11. The van der Waals surface area contributed by atoms with Crippen LogP contribution in [0.1, 0.15) is 49.3 Å². The number of ether oxygens (including phenoxy) is 1. The molecular formula is C15H17ClN4O2. The number of halogens is 1. The Labute approximate surface area is 132 Å². The van der Waals surface area contributed by atoms with Gasteiger partial charge in [-0.25, -0.2) is 19.7 Å². The smallest absolute Gasteiger partial charge is 0.374 e. The van der Waals surface area contributed by atoms with Crippen molar-refractivity contribution < 1.29 is 9.53 Å². The molecule has 0 spiro atoms. The molecule has 2 bridgehead atoms. The lowest BCUT2D eigenvalue weighted by Gasteiger charge is -2.24. The highest BCUT2D eigenvalue weighted by Gasteiger charge is 2.43. The molecule has 2 saturated carbocycles. The quantitative estimate of drug-likeness (QED) is 0.642. The van der Waals surface area contributed by atoms with Crippen LogP contribution >= 0.6 is 11.6 Å². The number of nitrogens with zero attached hydrogens (tertiary/aromatic N) is 4. The molecule has 0 aliphatic heterocycles. The first-order valence-corrected chi connectivity index (χ1v) is 8.12. The summed E-state index contributed by atoms with van der Waals surface area (Å²) in [4.78, 5) is 25.0. The minimum atomic E-state index is -0.417. The maximum Gasteiger partial charge on any atom is 0.374 e. The van der Waals surface area contributed by atoms with Crippen molar-refractivity contribution in [1.29, 1.82) is 0 Å². The second-order valence-electron chi connectivity index (χ2n) is 6.10. The summed E-state index contributed by atoms with van der Waals surface area (Å²) in [7, 11) is 0. The van der Waals surface area contributed by atoms with E-state index < -0.39 is 5.97 Å². The monoisotopic (exact) mass is 320 g/mol. The Balaban J connectivity index is 1.88. The minimum absolute atomic E-state index is 0.258. The number of carbonyl (C=O) groups excluding carboxylic acids is 1. The van der Waals surface area contributed by atoms with Gasteiger partial charge in [-0.3, -0.25) is 4.57 Å². The molecule has 0 radical (unpaired) electrons. The molecular weight excluding hydrogens is 304 g/mol. The zero-order valence-corrected chi connectivity index (χ0v) is 13.1. The summed E-state index contributed by atoms with van der Waals surface area (Å²) in [6.07, 6.45) is 6.22. The summed E-state index contributed by atoms with van der Waals surface area (Å²) in [6, 6.07) is 0.258. The van der Waals surface area contributed by atoms with Crippen molar-refractivity contribution in [3.8, 4) is 0 Å². The Bertz CT molecular complexity index is 744. The average Bonchev–Trinajstić information content (AvgIpc) is 3.20. The van der Waals surface area contributed by atoms with Gasteiger partial charge in [0.2, 0.25) is 5.82 Å². The summed E-state index contributed by atoms with van der Waals surface area (Å²) in [5.74, 6) is 1.22. The van der Waals surface area contributed by atoms with Crippen molar-refractivity contribution in [2.75, 3.05) is 6.61 Å². The summed E-state index contributed by atoms with van der Waals surface area (Å²) in [6.45, 7) is 2.10. The van der Waals surface area contributed by atoms with Crippen molar-refractivity contribution >= 4 is 28.7 Å². The predicted octanol–water partition coefficient (Wildman–Crippen LogP) is 3.02. The average molecular weight is 321 g/mol. The van der Waals surface area contributed by atoms with Crippen LogP contribution in [0, 0.1) is 11.8 Å². The summed E-state index contributed by atoms with van der Waals surface area (Å²) in [5.41, 5.74) is 1.12. The first-order chi connectivity index (χ1) is 10.7. The largest absolute Gasteiger partial charge is 0.460 e. The molecule has 2 aromatic heterocycles. The standard InChI is InChI=1S/C15H17ClN4O2/c1-2-22-15(21)14-19-11-12(16)17-7-18-13(11)20(14)10-6-8-3-4-9(10)5-8/h7-10H,2-6H2,1H3/t8-,9+,10+/m0/s1. The fraction of sp³-hybridized carbons (Fsp3) is 0.600. The van der Waals surface area contributed by atoms with E-state index in [1.165, 1.54) is 25.6 Å². The van der Waals surface area contributed by atoms with E-state index in [0.717, 1.165) is 12.3 Å². The molecule has 0 aromatic carbocycles. The third kappa shape index (κ3) is 2.00. The molecule has 2 aliphatic carbocycles. The molecule has 0 amide bonds. The van der Waals surface area contributed by atoms with Gasteiger partial charge in [-0.2, -0.15) is 0 Å². The fourth-order valence-electron chi connectivity index (χ4n) is 4.06. The molecule has 3 atom stereocenters. The third-order valence-electron chi connectivity index (χ3n) is 4.92. The molecule has 7 heteroatoms. The van der Waals surface area contributed by atoms with E-state index in [4.69, 9.17) is 16.3 Å². The molecule has 116 valence electrons. The molecule has 0 saturated heterocycles. The Morgan fingerprint density at radius 2 is 2.27 bits per heavy atom. The first-order valence-electron chi connectivity index (χ1n) is 7.74. The maximum absolute atomic E-state index is 12.3. The zero-order chi connectivity index (χ0) is 15.3. The maximum atomic E-state index is 12.3. The van der Waals surface area contributed by atoms with Gasteiger partial charge in [-0.1, -0.05) is 18.0 Å². The molecule has 2 fully saturated rings. The van der Waals surface area contributed by atoms with Crippen LogP contribution in [0.4, 0.5) is 0 Å². The SMILES string of the molecule is CCOC(=O)c1nc2c(Cl)ncnc2n1[C@@H]1C[C@H]2CC[C@@H]1C2. The number of hydrogen-bond donors (Lipinski definition) is 0. The molecule has 4 rings (SSSR count). The zero-order valence-electron chi connectivity index (χ0n) is 12.3. The summed E-state index contributed by atoms with van der Waals surface area (Å²) >= 11 is 6.13. The number of esters is 1. The van der Waals surface area contributed by atoms with E-state index in [9.17, 15) is 4.79 Å². The molecule has 2 heterocycles. The normalized spacial score (nSPS) is 26.7. The van der Waals surface area contributed by atoms with Gasteiger partial charge < -0.3 is 4.74 Å². The van der Waals surface area contributed by atoms with Gasteiger partial charge in [0.25, 0.3) is 0 Å². The Hall–Kier alpha value is -1.69. The first kappa shape index (κ1) is 13.9. The molecule has 0 unspecified atom stereocenters. The Kier molecular flexibility index (Phi) is 3.29. The lowest BCUT2D eigenvalue weighted by Crippen LogP contribution is -2.22. The summed E-state index contributed by atoms with van der Waals surface area (Å²) in [5, 5.41) is 0.275. The van der Waals surface area contributed by atoms with Crippen LogP contribution in [-0.2, 0) is 4.74 Å². The third-order valence-corrected chi connectivity index (χ3v) is 5.20. The number of carbonyl (C=O) groups is 1. The van der Waals surface area contributed by atoms with Crippen LogP contribution < -0.4 is 0 Å². The van der Waals surface area contributed by atoms with Crippen LogP contribution in [0.3, 0.4) is 0 Å². The van der Waals surface area contributed by atoms with Gasteiger partial charge in [-0.05, 0) is 38.0 Å². The van der Waals surface area contributed by atoms with Gasteiger partial charge in [0.1, 0.15) is 11.8 Å². The van der Waals surface area contributed by atoms with E-state index >= 15 is 0 Å². The highest BCUT2D eigenvalue weighted by atomic mass is 35.5. The second kappa shape index (κ2) is 5.19. The topological polar surface area (TPSA) is 69.9 Å². The van der Waals surface area contributed by atoms with Crippen LogP contribution in [0.2, 0.25) is 5.15 Å². The molecule has 2 aliphatic rings. The van der Waals surface area contributed by atoms with E-state index in [1.54, 1.807) is 6.92 Å². The lowest BCUT2D eigenvalue weighted by atomic mass is 9.95. The number of aromatic nitrogens is 4. The number of hydrogen-bond acceptors (Lipinski definition) is 5. The highest BCUT2D eigenvalue weighted by Crippen LogP contribution is 2.51. The van der Waals surface area contributed by atoms with Crippen LogP contribution in [-0.4, -0.2) is 32.1 Å². The van der Waals surface area contributed by atoms with E-state index in [1.807, 2.05) is 4.57 Å². The van der Waals surface area contributed by atoms with Crippen LogP contribution in [0.25, 0.3) is 11.2 Å². The predicted molar refractivity (Wildman–Crippen MR) is 80.8 cm³/mol. The van der Waals surface area contributed by atoms with Gasteiger partial charge in [0.15, 0.2) is 10.8 Å². The number of rotatable bonds is 3.